The van der Waals surface area contributed by atoms with Crippen molar-refractivity contribution in [3.8, 4) is 6.07 Å². The predicted molar refractivity (Wildman–Crippen MR) is 61.0 cm³/mol. The van der Waals surface area contributed by atoms with Gasteiger partial charge in [0.05, 0.1) is 11.7 Å². The number of pyridine rings is 1. The monoisotopic (exact) mass is 215 g/mol. The van der Waals surface area contributed by atoms with Gasteiger partial charge < -0.3 is 10.0 Å². The topological polar surface area (TPSA) is 60.2 Å². The Balaban J connectivity index is 2.37. The van der Waals surface area contributed by atoms with Crippen LogP contribution in [0, 0.1) is 18.3 Å². The minimum atomic E-state index is -0.520. The maximum Gasteiger partial charge on any atom is 0.147 e. The minimum absolute atomic E-state index is 0.462. The number of anilines is 1. The first-order valence-electron chi connectivity index (χ1n) is 5.10. The second-order valence-corrected chi connectivity index (χ2v) is 3.99. The third kappa shape index (κ3) is 1.77. The minimum Gasteiger partial charge on any atom is -0.387 e. The van der Waals surface area contributed by atoms with Gasteiger partial charge in [-0.25, -0.2) is 4.98 Å². The summed E-state index contributed by atoms with van der Waals surface area (Å²) in [5, 5.41) is 18.6. The van der Waals surface area contributed by atoms with Gasteiger partial charge in [0.2, 0.25) is 0 Å². The van der Waals surface area contributed by atoms with Gasteiger partial charge in [-0.15, -0.1) is 0 Å². The molecule has 4 nitrogen and oxygen atoms in total. The van der Waals surface area contributed by atoms with E-state index in [1.54, 1.807) is 6.07 Å². The molecule has 0 amide bonds. The summed E-state index contributed by atoms with van der Waals surface area (Å²) in [6.07, 6.45) is -0.520. The van der Waals surface area contributed by atoms with Crippen LogP contribution in [-0.2, 0) is 0 Å². The first kappa shape index (κ1) is 10.7. The first-order valence-corrected chi connectivity index (χ1v) is 5.10. The second-order valence-electron chi connectivity index (χ2n) is 3.99. The molecule has 1 aromatic heterocycles. The molecule has 2 heterocycles. The van der Waals surface area contributed by atoms with Crippen molar-refractivity contribution in [1.82, 2.24) is 4.98 Å². The van der Waals surface area contributed by atoms with E-state index in [-0.39, 0.29) is 0 Å². The summed E-state index contributed by atoms with van der Waals surface area (Å²) in [6.45, 7) is 6.69. The summed E-state index contributed by atoms with van der Waals surface area (Å²) < 4.78 is 0. The fourth-order valence-corrected chi connectivity index (χ4v) is 1.79. The van der Waals surface area contributed by atoms with Crippen LogP contribution in [0.2, 0.25) is 0 Å². The van der Waals surface area contributed by atoms with Crippen molar-refractivity contribution in [3.05, 3.63) is 35.5 Å². The van der Waals surface area contributed by atoms with Gasteiger partial charge in [0.25, 0.3) is 0 Å². The quantitative estimate of drug-likeness (QED) is 0.710. The average Bonchev–Trinajstić information content (AvgIpc) is 2.59. The number of aliphatic hydroxyl groups excluding tert-OH is 1. The first-order chi connectivity index (χ1) is 7.61. The van der Waals surface area contributed by atoms with Crippen molar-refractivity contribution >= 4 is 5.82 Å². The highest BCUT2D eigenvalue weighted by molar-refractivity contribution is 5.56. The summed E-state index contributed by atoms with van der Waals surface area (Å²) in [4.78, 5) is 6.23. The van der Waals surface area contributed by atoms with E-state index in [9.17, 15) is 5.11 Å². The maximum atomic E-state index is 9.61. The summed E-state index contributed by atoms with van der Waals surface area (Å²) in [5.74, 6) is 0.639. The normalized spacial score (nSPS) is 19.9. The second kappa shape index (κ2) is 3.95. The lowest BCUT2D eigenvalue weighted by Gasteiger charge is -2.17. The van der Waals surface area contributed by atoms with Crippen molar-refractivity contribution in [3.63, 3.8) is 0 Å². The molecule has 1 fully saturated rings. The van der Waals surface area contributed by atoms with Crippen molar-refractivity contribution < 1.29 is 5.11 Å². The van der Waals surface area contributed by atoms with Crippen LogP contribution >= 0.6 is 0 Å². The lowest BCUT2D eigenvalue weighted by Crippen LogP contribution is -2.23. The molecule has 0 radical (unpaired) electrons. The van der Waals surface area contributed by atoms with E-state index >= 15 is 0 Å². The Labute approximate surface area is 94.5 Å². The van der Waals surface area contributed by atoms with E-state index in [2.05, 4.69) is 17.6 Å². The van der Waals surface area contributed by atoms with Gasteiger partial charge >= 0.3 is 0 Å². The van der Waals surface area contributed by atoms with Crippen molar-refractivity contribution in [2.45, 2.75) is 13.0 Å². The number of aromatic nitrogens is 1. The van der Waals surface area contributed by atoms with Crippen LogP contribution in [0.3, 0.4) is 0 Å². The van der Waals surface area contributed by atoms with E-state index in [4.69, 9.17) is 5.26 Å². The number of hydrogen-bond donors (Lipinski definition) is 1. The molecule has 1 saturated heterocycles. The zero-order valence-electron chi connectivity index (χ0n) is 9.14. The molecule has 1 atom stereocenters. The van der Waals surface area contributed by atoms with Gasteiger partial charge in [0, 0.05) is 18.8 Å². The molecule has 1 aliphatic rings. The Kier molecular flexibility index (Phi) is 2.63. The summed E-state index contributed by atoms with van der Waals surface area (Å²) in [6, 6.07) is 5.68. The molecular formula is C12H13N3O. The number of nitriles is 1. The SMILES string of the molecule is C=C1CN(c2nc(C)ccc2C#N)C[C@@H]1O. The molecule has 82 valence electrons. The largest absolute Gasteiger partial charge is 0.387 e. The van der Waals surface area contributed by atoms with Crippen molar-refractivity contribution in [2.24, 2.45) is 0 Å². The molecule has 1 aromatic rings. The molecule has 0 aromatic carbocycles. The number of rotatable bonds is 1. The number of nitrogens with zero attached hydrogens (tertiary/aromatic N) is 3. The Bertz CT molecular complexity index is 476. The van der Waals surface area contributed by atoms with Gasteiger partial charge in [0.15, 0.2) is 0 Å². The van der Waals surface area contributed by atoms with E-state index in [1.165, 1.54) is 0 Å². The molecule has 0 saturated carbocycles. The molecular weight excluding hydrogens is 202 g/mol. The number of aliphatic hydroxyl groups is 1. The van der Waals surface area contributed by atoms with Crippen LogP contribution in [0.4, 0.5) is 5.82 Å². The zero-order valence-corrected chi connectivity index (χ0v) is 9.14. The molecule has 1 aliphatic heterocycles. The van der Waals surface area contributed by atoms with E-state index < -0.39 is 6.10 Å². The van der Waals surface area contributed by atoms with Gasteiger partial charge in [-0.2, -0.15) is 5.26 Å². The fourth-order valence-electron chi connectivity index (χ4n) is 1.79. The lowest BCUT2D eigenvalue weighted by molar-refractivity contribution is 0.233. The lowest BCUT2D eigenvalue weighted by atomic mass is 10.2. The van der Waals surface area contributed by atoms with Crippen molar-refractivity contribution in [2.75, 3.05) is 18.0 Å². The van der Waals surface area contributed by atoms with Crippen LogP contribution in [0.15, 0.2) is 24.3 Å². The summed E-state index contributed by atoms with van der Waals surface area (Å²) >= 11 is 0. The number of aryl methyl sites for hydroxylation is 1. The van der Waals surface area contributed by atoms with Crippen LogP contribution < -0.4 is 4.90 Å². The molecule has 0 spiro atoms. The van der Waals surface area contributed by atoms with Crippen LogP contribution in [-0.4, -0.2) is 29.3 Å². The molecule has 0 bridgehead atoms. The number of β-amino-alcohol motifs (C(OH)–C–C–N with tert-alkyl or cyclic N) is 1. The molecule has 1 N–H and O–H groups in total. The summed E-state index contributed by atoms with van der Waals surface area (Å²) in [5.41, 5.74) is 2.17. The molecule has 0 unspecified atom stereocenters. The smallest absolute Gasteiger partial charge is 0.147 e. The molecule has 2 rings (SSSR count). The van der Waals surface area contributed by atoms with Gasteiger partial charge in [-0.3, -0.25) is 0 Å². The van der Waals surface area contributed by atoms with Gasteiger partial charge in [0.1, 0.15) is 11.9 Å². The predicted octanol–water partition coefficient (Wildman–Crippen LogP) is 0.999. The third-order valence-electron chi connectivity index (χ3n) is 2.69. The van der Waals surface area contributed by atoms with E-state index in [1.807, 2.05) is 17.9 Å². The van der Waals surface area contributed by atoms with Crippen molar-refractivity contribution in [1.29, 1.82) is 5.26 Å². The van der Waals surface area contributed by atoms with Gasteiger partial charge in [-0.1, -0.05) is 6.58 Å². The maximum absolute atomic E-state index is 9.61. The number of hydrogen-bond acceptors (Lipinski definition) is 4. The Hall–Kier alpha value is -1.86. The highest BCUT2D eigenvalue weighted by Gasteiger charge is 2.26. The van der Waals surface area contributed by atoms with Crippen LogP contribution in [0.5, 0.6) is 0 Å². The molecule has 4 heteroatoms. The third-order valence-corrected chi connectivity index (χ3v) is 2.69. The Morgan fingerprint density at radius 2 is 2.38 bits per heavy atom. The van der Waals surface area contributed by atoms with Crippen LogP contribution in [0.25, 0.3) is 0 Å². The Morgan fingerprint density at radius 1 is 1.62 bits per heavy atom. The Morgan fingerprint density at radius 3 is 2.94 bits per heavy atom. The highest BCUT2D eigenvalue weighted by Crippen LogP contribution is 2.24. The van der Waals surface area contributed by atoms with E-state index in [0.29, 0.717) is 24.5 Å². The highest BCUT2D eigenvalue weighted by atomic mass is 16.3. The zero-order chi connectivity index (χ0) is 11.7. The average molecular weight is 215 g/mol. The van der Waals surface area contributed by atoms with E-state index in [0.717, 1.165) is 11.3 Å². The summed E-state index contributed by atoms with van der Waals surface area (Å²) in [7, 11) is 0. The molecule has 0 aliphatic carbocycles. The van der Waals surface area contributed by atoms with Crippen LogP contribution in [0.1, 0.15) is 11.3 Å². The fraction of sp³-hybridized carbons (Fsp3) is 0.333. The van der Waals surface area contributed by atoms with Gasteiger partial charge in [-0.05, 0) is 24.6 Å². The standard InChI is InChI=1S/C12H13N3O/c1-8-6-15(7-11(8)16)12-10(5-13)4-3-9(2)14-12/h3-4,11,16H,1,6-7H2,2H3/t11-/m0/s1. The molecule has 16 heavy (non-hydrogen) atoms.